The molecule has 0 unspecified atom stereocenters. The molecular weight excluding hydrogens is 359 g/mol. The van der Waals surface area contributed by atoms with Gasteiger partial charge in [-0.25, -0.2) is 0 Å². The summed E-state index contributed by atoms with van der Waals surface area (Å²) in [6, 6.07) is 9.52. The molecule has 1 N–H and O–H groups in total. The van der Waals surface area contributed by atoms with Gasteiger partial charge in [-0.1, -0.05) is 23.7 Å². The number of benzene rings is 2. The number of hydrogen-bond donors (Lipinski definition) is 1. The maximum Gasteiger partial charge on any atom is 0.416 e. The third-order valence-corrected chi connectivity index (χ3v) is 3.98. The van der Waals surface area contributed by atoms with Gasteiger partial charge in [-0.05, 0) is 37.3 Å². The summed E-state index contributed by atoms with van der Waals surface area (Å²) in [6.45, 7) is 1.63. The van der Waals surface area contributed by atoms with Crippen LogP contribution in [-0.2, 0) is 11.0 Å². The smallest absolute Gasteiger partial charge is 0.416 e. The van der Waals surface area contributed by atoms with Gasteiger partial charge < -0.3 is 14.8 Å². The van der Waals surface area contributed by atoms with Crippen molar-refractivity contribution in [3.05, 3.63) is 53.1 Å². The number of alkyl halides is 3. The fourth-order valence-corrected chi connectivity index (χ4v) is 2.57. The van der Waals surface area contributed by atoms with E-state index >= 15 is 0 Å². The van der Waals surface area contributed by atoms with Crippen LogP contribution in [0.4, 0.5) is 18.9 Å². The van der Waals surface area contributed by atoms with Gasteiger partial charge in [0.05, 0.1) is 16.3 Å². The Morgan fingerprint density at radius 1 is 1.12 bits per heavy atom. The Balaban J connectivity index is 1.81. The third kappa shape index (κ3) is 3.66. The maximum atomic E-state index is 12.8. The highest BCUT2D eigenvalue weighted by molar-refractivity contribution is 6.33. The Bertz CT molecular complexity index is 810. The highest BCUT2D eigenvalue weighted by Crippen LogP contribution is 2.36. The first-order chi connectivity index (χ1) is 11.8. The molecule has 0 saturated carbocycles. The molecule has 8 heteroatoms. The second-order valence-electron chi connectivity index (χ2n) is 5.49. The van der Waals surface area contributed by atoms with E-state index in [9.17, 15) is 18.0 Å². The standard InChI is InChI=1S/C17H13ClF3NO3/c1-9-15(25-14-5-3-2-4-13(14)24-9)16(23)22-12-8-10(17(19,20)21)6-7-11(12)18/h2-9,15H,1H3,(H,22,23)/t9-,15-/m1/s1. The average Bonchev–Trinajstić information content (AvgIpc) is 2.55. The van der Waals surface area contributed by atoms with Crippen molar-refractivity contribution in [3.63, 3.8) is 0 Å². The molecule has 0 bridgehead atoms. The maximum absolute atomic E-state index is 12.8. The van der Waals surface area contributed by atoms with Crippen molar-refractivity contribution in [1.29, 1.82) is 0 Å². The summed E-state index contributed by atoms with van der Waals surface area (Å²) in [6.07, 6.45) is -6.19. The number of amides is 1. The first-order valence-corrected chi connectivity index (χ1v) is 7.73. The predicted octanol–water partition coefficient (Wildman–Crippen LogP) is 4.53. The summed E-state index contributed by atoms with van der Waals surface area (Å²) < 4.78 is 49.7. The molecule has 0 radical (unpaired) electrons. The zero-order valence-corrected chi connectivity index (χ0v) is 13.7. The molecule has 1 amide bonds. The topological polar surface area (TPSA) is 47.6 Å². The molecule has 0 fully saturated rings. The van der Waals surface area contributed by atoms with Gasteiger partial charge in [-0.15, -0.1) is 0 Å². The van der Waals surface area contributed by atoms with Crippen molar-refractivity contribution < 1.29 is 27.4 Å². The zero-order chi connectivity index (χ0) is 18.2. The molecule has 2 aromatic rings. The number of fused-ring (bicyclic) bond motifs is 1. The van der Waals surface area contributed by atoms with Gasteiger partial charge in [0.25, 0.3) is 5.91 Å². The van der Waals surface area contributed by atoms with Crippen molar-refractivity contribution >= 4 is 23.2 Å². The normalized spacial score (nSPS) is 19.4. The Morgan fingerprint density at radius 3 is 2.40 bits per heavy atom. The largest absolute Gasteiger partial charge is 0.482 e. The summed E-state index contributed by atoms with van der Waals surface area (Å²) >= 11 is 5.89. The van der Waals surface area contributed by atoms with Crippen molar-refractivity contribution in [2.45, 2.75) is 25.3 Å². The first-order valence-electron chi connectivity index (χ1n) is 7.35. The lowest BCUT2D eigenvalue weighted by molar-refractivity contribution is -0.137. The number of anilines is 1. The van der Waals surface area contributed by atoms with Gasteiger partial charge in [0.15, 0.2) is 11.5 Å². The van der Waals surface area contributed by atoms with E-state index in [0.29, 0.717) is 11.5 Å². The second kappa shape index (κ2) is 6.48. The van der Waals surface area contributed by atoms with Crippen LogP contribution in [0.15, 0.2) is 42.5 Å². The van der Waals surface area contributed by atoms with E-state index in [-0.39, 0.29) is 10.7 Å². The number of nitrogens with one attached hydrogen (secondary N) is 1. The molecule has 132 valence electrons. The Labute approximate surface area is 146 Å². The minimum absolute atomic E-state index is 0.00821. The summed E-state index contributed by atoms with van der Waals surface area (Å²) in [5.41, 5.74) is -1.05. The number of ether oxygens (including phenoxy) is 2. The van der Waals surface area contributed by atoms with Crippen LogP contribution in [0.3, 0.4) is 0 Å². The van der Waals surface area contributed by atoms with E-state index in [1.54, 1.807) is 31.2 Å². The summed E-state index contributed by atoms with van der Waals surface area (Å²) in [5, 5.41) is 2.37. The van der Waals surface area contributed by atoms with Crippen molar-refractivity contribution in [2.75, 3.05) is 5.32 Å². The van der Waals surface area contributed by atoms with Crippen molar-refractivity contribution in [2.24, 2.45) is 0 Å². The molecule has 1 heterocycles. The van der Waals surface area contributed by atoms with Gasteiger partial charge in [0.1, 0.15) is 6.10 Å². The molecule has 0 aliphatic carbocycles. The van der Waals surface area contributed by atoms with Gasteiger partial charge in [-0.3, -0.25) is 4.79 Å². The quantitative estimate of drug-likeness (QED) is 0.844. The van der Waals surface area contributed by atoms with E-state index in [4.69, 9.17) is 21.1 Å². The Morgan fingerprint density at radius 2 is 1.76 bits per heavy atom. The van der Waals surface area contributed by atoms with E-state index < -0.39 is 29.9 Å². The molecule has 0 saturated heterocycles. The fourth-order valence-electron chi connectivity index (χ4n) is 2.41. The monoisotopic (exact) mass is 371 g/mol. The number of hydrogen-bond acceptors (Lipinski definition) is 3. The first kappa shape index (κ1) is 17.4. The molecule has 0 aromatic heterocycles. The molecule has 1 aliphatic rings. The van der Waals surface area contributed by atoms with E-state index in [2.05, 4.69) is 5.32 Å². The second-order valence-corrected chi connectivity index (χ2v) is 5.90. The van der Waals surface area contributed by atoms with E-state index in [1.165, 1.54) is 0 Å². The predicted molar refractivity (Wildman–Crippen MR) is 86.0 cm³/mol. The van der Waals surface area contributed by atoms with Crippen molar-refractivity contribution in [3.8, 4) is 11.5 Å². The zero-order valence-electron chi connectivity index (χ0n) is 12.9. The van der Waals surface area contributed by atoms with Crippen LogP contribution < -0.4 is 14.8 Å². The van der Waals surface area contributed by atoms with Crippen LogP contribution in [0.25, 0.3) is 0 Å². The minimum atomic E-state index is -4.54. The molecular formula is C17H13ClF3NO3. The fraction of sp³-hybridized carbons (Fsp3) is 0.235. The van der Waals surface area contributed by atoms with Crippen LogP contribution in [0, 0.1) is 0 Å². The van der Waals surface area contributed by atoms with Gasteiger partial charge >= 0.3 is 6.18 Å². The van der Waals surface area contributed by atoms with Crippen LogP contribution in [0.5, 0.6) is 11.5 Å². The van der Waals surface area contributed by atoms with Crippen LogP contribution in [-0.4, -0.2) is 18.1 Å². The third-order valence-electron chi connectivity index (χ3n) is 3.65. The lowest BCUT2D eigenvalue weighted by atomic mass is 10.1. The minimum Gasteiger partial charge on any atom is -0.482 e. The SMILES string of the molecule is C[C@H]1Oc2ccccc2O[C@H]1C(=O)Nc1cc(C(F)(F)F)ccc1Cl. The molecule has 25 heavy (non-hydrogen) atoms. The van der Waals surface area contributed by atoms with E-state index in [0.717, 1.165) is 18.2 Å². The Kier molecular flexibility index (Phi) is 4.51. The number of rotatable bonds is 2. The van der Waals surface area contributed by atoms with E-state index in [1.807, 2.05) is 0 Å². The molecule has 1 aliphatic heterocycles. The number of para-hydroxylation sites is 2. The highest BCUT2D eigenvalue weighted by atomic mass is 35.5. The highest BCUT2D eigenvalue weighted by Gasteiger charge is 2.35. The summed E-state index contributed by atoms with van der Waals surface area (Å²) in [5.74, 6) is 0.232. The molecule has 0 spiro atoms. The molecule has 2 atom stereocenters. The van der Waals surface area contributed by atoms with Gasteiger partial charge in [-0.2, -0.15) is 13.2 Å². The van der Waals surface area contributed by atoms with Crippen LogP contribution >= 0.6 is 11.6 Å². The molecule has 3 rings (SSSR count). The van der Waals surface area contributed by atoms with Gasteiger partial charge in [0, 0.05) is 0 Å². The average molecular weight is 372 g/mol. The number of halogens is 4. The lowest BCUT2D eigenvalue weighted by Gasteiger charge is -2.31. The van der Waals surface area contributed by atoms with Crippen LogP contribution in [0.2, 0.25) is 5.02 Å². The number of carbonyl (C=O) groups is 1. The Hall–Kier alpha value is -2.41. The van der Waals surface area contributed by atoms with Crippen molar-refractivity contribution in [1.82, 2.24) is 0 Å². The molecule has 4 nitrogen and oxygen atoms in total. The summed E-state index contributed by atoms with van der Waals surface area (Å²) in [7, 11) is 0. The van der Waals surface area contributed by atoms with Crippen LogP contribution in [0.1, 0.15) is 12.5 Å². The van der Waals surface area contributed by atoms with Gasteiger partial charge in [0.2, 0.25) is 6.10 Å². The summed E-state index contributed by atoms with van der Waals surface area (Å²) in [4.78, 5) is 12.4. The lowest BCUT2D eigenvalue weighted by Crippen LogP contribution is -2.46. The number of carbonyl (C=O) groups excluding carboxylic acids is 1. The molecule has 2 aromatic carbocycles.